The van der Waals surface area contributed by atoms with Crippen molar-refractivity contribution in [3.63, 3.8) is 0 Å². The Bertz CT molecular complexity index is 449. The van der Waals surface area contributed by atoms with Crippen molar-refractivity contribution in [1.29, 1.82) is 0 Å². The Morgan fingerprint density at radius 3 is 1.50 bits per heavy atom. The van der Waals surface area contributed by atoms with E-state index in [1.54, 1.807) is 0 Å². The molecule has 0 heterocycles. The first-order valence-corrected chi connectivity index (χ1v) is 13.5. The summed E-state index contributed by atoms with van der Waals surface area (Å²) in [4.78, 5) is 21.6. The van der Waals surface area contributed by atoms with Crippen LogP contribution >= 0.6 is 0 Å². The number of ether oxygens (including phenoxy) is 4. The number of nitrogens with one attached hydrogen (secondary N) is 1. The van der Waals surface area contributed by atoms with E-state index in [0.29, 0.717) is 39.6 Å². The van der Waals surface area contributed by atoms with Gasteiger partial charge in [0.2, 0.25) is 5.91 Å². The van der Waals surface area contributed by atoms with Crippen LogP contribution in [-0.4, -0.2) is 76.4 Å². The lowest BCUT2D eigenvalue weighted by Crippen LogP contribution is -2.31. The third kappa shape index (κ3) is 28.8. The van der Waals surface area contributed by atoms with Crippen LogP contribution in [0.1, 0.15) is 96.8 Å². The molecule has 0 spiro atoms. The smallest absolute Gasteiger partial charge is 0.329 e. The second-order valence-corrected chi connectivity index (χ2v) is 8.67. The number of unbranched alkanes of at least 4 members (excludes halogenated alkanes) is 13. The number of carbonyl (C=O) groups is 2. The second kappa shape index (κ2) is 28.0. The van der Waals surface area contributed by atoms with Gasteiger partial charge in [-0.3, -0.25) is 4.79 Å². The number of carboxylic acid groups (broad SMARTS) is 1. The molecule has 34 heavy (non-hydrogen) atoms. The van der Waals surface area contributed by atoms with Crippen molar-refractivity contribution < 1.29 is 33.6 Å². The van der Waals surface area contributed by atoms with Crippen LogP contribution in [0.4, 0.5) is 0 Å². The maximum Gasteiger partial charge on any atom is 0.329 e. The van der Waals surface area contributed by atoms with Gasteiger partial charge in [0.1, 0.15) is 13.2 Å². The van der Waals surface area contributed by atoms with Crippen LogP contribution in [0.15, 0.2) is 0 Å². The van der Waals surface area contributed by atoms with Crippen LogP contribution in [-0.2, 0) is 28.5 Å². The maximum atomic E-state index is 11.3. The van der Waals surface area contributed by atoms with Crippen molar-refractivity contribution in [2.75, 3.05) is 59.4 Å². The van der Waals surface area contributed by atoms with E-state index in [2.05, 4.69) is 17.0 Å². The van der Waals surface area contributed by atoms with E-state index in [-0.39, 0.29) is 12.5 Å². The Labute approximate surface area is 207 Å². The standard InChI is InChI=1S/C26H51NO7/c1-2-3-4-5-6-7-8-9-10-11-12-13-14-15-17-31-19-21-33-22-20-32-18-16-27-25(28)23-34-24-26(29)30/h2-24H2,1H3,(H,27,28)(H,29,30). The molecular formula is C26H51NO7. The molecule has 0 radical (unpaired) electrons. The number of rotatable bonds is 28. The maximum absolute atomic E-state index is 11.3. The highest BCUT2D eigenvalue weighted by Gasteiger charge is 2.03. The average molecular weight is 490 g/mol. The molecule has 0 aromatic rings. The molecular weight excluding hydrogens is 438 g/mol. The molecule has 0 aromatic carbocycles. The fourth-order valence-electron chi connectivity index (χ4n) is 3.49. The summed E-state index contributed by atoms with van der Waals surface area (Å²) in [5.74, 6) is -1.46. The molecule has 0 atom stereocenters. The minimum atomic E-state index is -1.10. The van der Waals surface area contributed by atoms with E-state index in [0.717, 1.165) is 13.0 Å². The Balaban J connectivity index is 3.09. The highest BCUT2D eigenvalue weighted by atomic mass is 16.5. The van der Waals surface area contributed by atoms with Gasteiger partial charge in [0.05, 0.1) is 33.0 Å². The third-order valence-electron chi connectivity index (χ3n) is 5.41. The van der Waals surface area contributed by atoms with Gasteiger partial charge < -0.3 is 29.4 Å². The van der Waals surface area contributed by atoms with Gasteiger partial charge in [-0.05, 0) is 6.42 Å². The minimum Gasteiger partial charge on any atom is -0.480 e. The fraction of sp³-hybridized carbons (Fsp3) is 0.923. The van der Waals surface area contributed by atoms with E-state index < -0.39 is 12.6 Å². The van der Waals surface area contributed by atoms with Crippen LogP contribution in [0.2, 0.25) is 0 Å². The van der Waals surface area contributed by atoms with Crippen molar-refractivity contribution in [3.8, 4) is 0 Å². The molecule has 2 N–H and O–H groups in total. The molecule has 0 unspecified atom stereocenters. The average Bonchev–Trinajstić information content (AvgIpc) is 2.81. The molecule has 0 aromatic heterocycles. The molecule has 202 valence electrons. The van der Waals surface area contributed by atoms with E-state index in [1.165, 1.54) is 83.5 Å². The molecule has 0 aliphatic rings. The van der Waals surface area contributed by atoms with E-state index in [4.69, 9.17) is 19.3 Å². The van der Waals surface area contributed by atoms with Gasteiger partial charge in [0, 0.05) is 13.2 Å². The molecule has 8 heteroatoms. The fourth-order valence-corrected chi connectivity index (χ4v) is 3.49. The molecule has 0 saturated heterocycles. The van der Waals surface area contributed by atoms with Gasteiger partial charge in [-0.1, -0.05) is 90.4 Å². The lowest BCUT2D eigenvalue weighted by Gasteiger charge is -2.08. The third-order valence-corrected chi connectivity index (χ3v) is 5.41. The molecule has 0 fully saturated rings. The van der Waals surface area contributed by atoms with E-state index in [1.807, 2.05) is 0 Å². The largest absolute Gasteiger partial charge is 0.480 e. The number of carbonyl (C=O) groups excluding carboxylic acids is 1. The van der Waals surface area contributed by atoms with Crippen LogP contribution in [0.5, 0.6) is 0 Å². The Morgan fingerprint density at radius 2 is 1.00 bits per heavy atom. The van der Waals surface area contributed by atoms with Crippen molar-refractivity contribution in [2.45, 2.75) is 96.8 Å². The number of carboxylic acids is 1. The molecule has 0 bridgehead atoms. The first kappa shape index (κ1) is 32.8. The van der Waals surface area contributed by atoms with Gasteiger partial charge in [-0.2, -0.15) is 0 Å². The van der Waals surface area contributed by atoms with Crippen LogP contribution in [0, 0.1) is 0 Å². The summed E-state index contributed by atoms with van der Waals surface area (Å²) in [6, 6.07) is 0. The Kier molecular flexibility index (Phi) is 27.0. The van der Waals surface area contributed by atoms with E-state index in [9.17, 15) is 9.59 Å². The van der Waals surface area contributed by atoms with Crippen LogP contribution in [0.3, 0.4) is 0 Å². The van der Waals surface area contributed by atoms with Crippen molar-refractivity contribution in [2.24, 2.45) is 0 Å². The van der Waals surface area contributed by atoms with E-state index >= 15 is 0 Å². The first-order chi connectivity index (χ1) is 16.7. The highest BCUT2D eigenvalue weighted by Crippen LogP contribution is 2.12. The zero-order valence-corrected chi connectivity index (χ0v) is 21.7. The normalized spacial score (nSPS) is 11.1. The molecule has 0 saturated carbocycles. The zero-order valence-electron chi connectivity index (χ0n) is 21.7. The van der Waals surface area contributed by atoms with Gasteiger partial charge in [0.15, 0.2) is 0 Å². The number of aliphatic carboxylic acids is 1. The molecule has 0 aliphatic carbocycles. The molecule has 0 aliphatic heterocycles. The van der Waals surface area contributed by atoms with Crippen molar-refractivity contribution >= 4 is 11.9 Å². The van der Waals surface area contributed by atoms with Crippen LogP contribution in [0.25, 0.3) is 0 Å². The van der Waals surface area contributed by atoms with Gasteiger partial charge in [-0.15, -0.1) is 0 Å². The number of amides is 1. The summed E-state index contributed by atoms with van der Waals surface area (Å²) in [5.41, 5.74) is 0. The van der Waals surface area contributed by atoms with Gasteiger partial charge in [-0.25, -0.2) is 4.79 Å². The lowest BCUT2D eigenvalue weighted by molar-refractivity contribution is -0.143. The SMILES string of the molecule is CCCCCCCCCCCCCCCCOCCOCCOCCNC(=O)COCC(=O)O. The predicted octanol–water partition coefficient (Wildman–Crippen LogP) is 4.73. The summed E-state index contributed by atoms with van der Waals surface area (Å²) in [6.45, 7) is 5.12. The molecule has 1 amide bonds. The van der Waals surface area contributed by atoms with Gasteiger partial charge >= 0.3 is 5.97 Å². The summed E-state index contributed by atoms with van der Waals surface area (Å²) in [7, 11) is 0. The predicted molar refractivity (Wildman–Crippen MR) is 134 cm³/mol. The lowest BCUT2D eigenvalue weighted by atomic mass is 10.0. The summed E-state index contributed by atoms with van der Waals surface area (Å²) in [5, 5.41) is 11.0. The summed E-state index contributed by atoms with van der Waals surface area (Å²) < 4.78 is 21.1. The van der Waals surface area contributed by atoms with Crippen molar-refractivity contribution in [3.05, 3.63) is 0 Å². The molecule has 0 rings (SSSR count). The number of hydrogen-bond donors (Lipinski definition) is 2. The van der Waals surface area contributed by atoms with Crippen molar-refractivity contribution in [1.82, 2.24) is 5.32 Å². The highest BCUT2D eigenvalue weighted by molar-refractivity contribution is 5.77. The zero-order chi connectivity index (χ0) is 25.0. The second-order valence-electron chi connectivity index (χ2n) is 8.67. The molecule has 8 nitrogen and oxygen atoms in total. The Hall–Kier alpha value is -1.22. The number of hydrogen-bond acceptors (Lipinski definition) is 6. The Morgan fingerprint density at radius 1 is 0.559 bits per heavy atom. The van der Waals surface area contributed by atoms with Crippen LogP contribution < -0.4 is 5.32 Å². The van der Waals surface area contributed by atoms with Gasteiger partial charge in [0.25, 0.3) is 0 Å². The minimum absolute atomic E-state index is 0.269. The first-order valence-electron chi connectivity index (χ1n) is 13.5. The topological polar surface area (TPSA) is 103 Å². The monoisotopic (exact) mass is 489 g/mol. The quantitative estimate of drug-likeness (QED) is 0.153. The summed E-state index contributed by atoms with van der Waals surface area (Å²) >= 11 is 0. The summed E-state index contributed by atoms with van der Waals surface area (Å²) in [6.07, 6.45) is 19.0.